The van der Waals surface area contributed by atoms with Crippen molar-refractivity contribution in [3.63, 3.8) is 0 Å². The van der Waals surface area contributed by atoms with E-state index >= 15 is 0 Å². The average molecular weight is 167 g/mol. The van der Waals surface area contributed by atoms with Crippen molar-refractivity contribution in [1.29, 1.82) is 0 Å². The van der Waals surface area contributed by atoms with E-state index < -0.39 is 0 Å². The van der Waals surface area contributed by atoms with E-state index in [0.29, 0.717) is 11.7 Å². The topological polar surface area (TPSA) is 29.1 Å². The molecule has 2 fully saturated rings. The second kappa shape index (κ2) is 3.56. The SMILES string of the molecule is O=C(C1CCCC1)C1CCCN1. The van der Waals surface area contributed by atoms with Gasteiger partial charge in [0.1, 0.15) is 0 Å². The van der Waals surface area contributed by atoms with Crippen LogP contribution in [0.4, 0.5) is 0 Å². The molecule has 2 nitrogen and oxygen atoms in total. The molecule has 1 aliphatic heterocycles. The first-order chi connectivity index (χ1) is 5.88. The molecule has 0 amide bonds. The Hall–Kier alpha value is -0.370. The molecule has 1 atom stereocenters. The van der Waals surface area contributed by atoms with Gasteiger partial charge in [-0.15, -0.1) is 0 Å². The minimum atomic E-state index is 0.216. The number of ketones is 1. The first-order valence-electron chi connectivity index (χ1n) is 5.15. The van der Waals surface area contributed by atoms with E-state index in [-0.39, 0.29) is 6.04 Å². The van der Waals surface area contributed by atoms with Crippen molar-refractivity contribution in [2.24, 2.45) is 5.92 Å². The molecular formula is C10H17NO. The first kappa shape index (κ1) is 8.24. The summed E-state index contributed by atoms with van der Waals surface area (Å²) >= 11 is 0. The van der Waals surface area contributed by atoms with E-state index in [9.17, 15) is 4.79 Å². The molecule has 1 N–H and O–H groups in total. The minimum Gasteiger partial charge on any atom is -0.307 e. The smallest absolute Gasteiger partial charge is 0.152 e. The lowest BCUT2D eigenvalue weighted by molar-refractivity contribution is -0.124. The van der Waals surface area contributed by atoms with Crippen LogP contribution in [-0.4, -0.2) is 18.4 Å². The molecule has 2 heteroatoms. The van der Waals surface area contributed by atoms with Crippen LogP contribution in [0, 0.1) is 5.92 Å². The molecule has 2 rings (SSSR count). The van der Waals surface area contributed by atoms with Gasteiger partial charge in [0.25, 0.3) is 0 Å². The summed E-state index contributed by atoms with van der Waals surface area (Å²) in [7, 11) is 0. The zero-order valence-electron chi connectivity index (χ0n) is 7.51. The number of hydrogen-bond donors (Lipinski definition) is 1. The van der Waals surface area contributed by atoms with Gasteiger partial charge in [-0.25, -0.2) is 0 Å². The number of carbonyl (C=O) groups excluding carboxylic acids is 1. The van der Waals surface area contributed by atoms with Crippen molar-refractivity contribution < 1.29 is 4.79 Å². The van der Waals surface area contributed by atoms with E-state index in [4.69, 9.17) is 0 Å². The molecule has 1 aliphatic carbocycles. The molecule has 1 saturated heterocycles. The van der Waals surface area contributed by atoms with Gasteiger partial charge < -0.3 is 5.32 Å². The van der Waals surface area contributed by atoms with Crippen LogP contribution in [0.5, 0.6) is 0 Å². The van der Waals surface area contributed by atoms with Crippen molar-refractivity contribution in [1.82, 2.24) is 5.32 Å². The van der Waals surface area contributed by atoms with Gasteiger partial charge in [0.2, 0.25) is 0 Å². The van der Waals surface area contributed by atoms with Gasteiger partial charge in [-0.2, -0.15) is 0 Å². The zero-order chi connectivity index (χ0) is 8.39. The van der Waals surface area contributed by atoms with Crippen molar-refractivity contribution in [3.8, 4) is 0 Å². The number of hydrogen-bond acceptors (Lipinski definition) is 2. The molecule has 0 aromatic heterocycles. The molecule has 2 aliphatic rings. The highest BCUT2D eigenvalue weighted by Crippen LogP contribution is 2.27. The van der Waals surface area contributed by atoms with Crippen molar-refractivity contribution >= 4 is 5.78 Å². The number of carbonyl (C=O) groups is 1. The van der Waals surface area contributed by atoms with E-state index in [1.807, 2.05) is 0 Å². The summed E-state index contributed by atoms with van der Waals surface area (Å²) in [6.45, 7) is 1.04. The predicted molar refractivity (Wildman–Crippen MR) is 48.0 cm³/mol. The van der Waals surface area contributed by atoms with Crippen molar-refractivity contribution in [2.75, 3.05) is 6.54 Å². The number of nitrogens with one attached hydrogen (secondary N) is 1. The minimum absolute atomic E-state index is 0.216. The summed E-state index contributed by atoms with van der Waals surface area (Å²) in [6, 6.07) is 0.216. The van der Waals surface area contributed by atoms with Crippen LogP contribution in [0.2, 0.25) is 0 Å². The van der Waals surface area contributed by atoms with Gasteiger partial charge in [-0.1, -0.05) is 12.8 Å². The molecule has 0 spiro atoms. The Morgan fingerprint density at radius 2 is 1.83 bits per heavy atom. The summed E-state index contributed by atoms with van der Waals surface area (Å²) in [4.78, 5) is 11.8. The molecule has 0 radical (unpaired) electrons. The highest BCUT2D eigenvalue weighted by Gasteiger charge is 2.30. The maximum atomic E-state index is 11.8. The van der Waals surface area contributed by atoms with Gasteiger partial charge in [0, 0.05) is 5.92 Å². The summed E-state index contributed by atoms with van der Waals surface area (Å²) in [5.74, 6) is 0.908. The molecule has 0 aromatic carbocycles. The van der Waals surface area contributed by atoms with Gasteiger partial charge in [0.05, 0.1) is 6.04 Å². The van der Waals surface area contributed by atoms with Crippen LogP contribution in [0.25, 0.3) is 0 Å². The fraction of sp³-hybridized carbons (Fsp3) is 0.900. The predicted octanol–water partition coefficient (Wildman–Crippen LogP) is 1.50. The Morgan fingerprint density at radius 3 is 2.42 bits per heavy atom. The van der Waals surface area contributed by atoms with Crippen LogP contribution in [0.15, 0.2) is 0 Å². The van der Waals surface area contributed by atoms with E-state index in [1.165, 1.54) is 19.3 Å². The summed E-state index contributed by atoms with van der Waals surface area (Å²) in [5.41, 5.74) is 0. The summed E-state index contributed by atoms with van der Waals surface area (Å²) in [5, 5.41) is 3.28. The van der Waals surface area contributed by atoms with Gasteiger partial charge in [-0.3, -0.25) is 4.79 Å². The Morgan fingerprint density at radius 1 is 1.08 bits per heavy atom. The van der Waals surface area contributed by atoms with Crippen molar-refractivity contribution in [3.05, 3.63) is 0 Å². The molecule has 68 valence electrons. The highest BCUT2D eigenvalue weighted by atomic mass is 16.1. The van der Waals surface area contributed by atoms with Crippen LogP contribution in [0.3, 0.4) is 0 Å². The average Bonchev–Trinajstić information content (AvgIpc) is 2.77. The lowest BCUT2D eigenvalue weighted by atomic mass is 9.96. The summed E-state index contributed by atoms with van der Waals surface area (Å²) < 4.78 is 0. The van der Waals surface area contributed by atoms with Crippen molar-refractivity contribution in [2.45, 2.75) is 44.6 Å². The normalized spacial score (nSPS) is 31.2. The third-order valence-corrected chi connectivity index (χ3v) is 3.16. The lowest BCUT2D eigenvalue weighted by Crippen LogP contribution is -2.34. The highest BCUT2D eigenvalue weighted by molar-refractivity contribution is 5.86. The second-order valence-electron chi connectivity index (χ2n) is 4.03. The Balaban J connectivity index is 1.89. The van der Waals surface area contributed by atoms with E-state index in [1.54, 1.807) is 0 Å². The third kappa shape index (κ3) is 1.53. The largest absolute Gasteiger partial charge is 0.307 e. The van der Waals surface area contributed by atoms with E-state index in [2.05, 4.69) is 5.32 Å². The Bertz CT molecular complexity index is 149. The molecule has 1 unspecified atom stereocenters. The quantitative estimate of drug-likeness (QED) is 0.675. The Labute approximate surface area is 73.7 Å². The molecule has 1 heterocycles. The molecular weight excluding hydrogens is 150 g/mol. The lowest BCUT2D eigenvalue weighted by Gasteiger charge is -2.13. The van der Waals surface area contributed by atoms with Gasteiger partial charge >= 0.3 is 0 Å². The van der Waals surface area contributed by atoms with Gasteiger partial charge in [0.15, 0.2) is 5.78 Å². The fourth-order valence-corrected chi connectivity index (χ4v) is 2.42. The second-order valence-corrected chi connectivity index (χ2v) is 4.03. The number of rotatable bonds is 2. The molecule has 12 heavy (non-hydrogen) atoms. The third-order valence-electron chi connectivity index (χ3n) is 3.16. The van der Waals surface area contributed by atoms with Gasteiger partial charge in [-0.05, 0) is 32.2 Å². The fourth-order valence-electron chi connectivity index (χ4n) is 2.42. The molecule has 0 aromatic rings. The van der Waals surface area contributed by atoms with E-state index in [0.717, 1.165) is 25.8 Å². The molecule has 1 saturated carbocycles. The maximum absolute atomic E-state index is 11.8. The van der Waals surface area contributed by atoms with Crippen LogP contribution in [0.1, 0.15) is 38.5 Å². The maximum Gasteiger partial charge on any atom is 0.152 e. The first-order valence-corrected chi connectivity index (χ1v) is 5.15. The summed E-state index contributed by atoms with van der Waals surface area (Å²) in [6.07, 6.45) is 7.10. The van der Waals surface area contributed by atoms with Crippen LogP contribution < -0.4 is 5.32 Å². The monoisotopic (exact) mass is 167 g/mol. The number of Topliss-reactive ketones (excluding diaryl/α,β-unsaturated/α-hetero) is 1. The van der Waals surface area contributed by atoms with Crippen LogP contribution >= 0.6 is 0 Å². The molecule has 0 bridgehead atoms. The Kier molecular flexibility index (Phi) is 2.45. The van der Waals surface area contributed by atoms with Crippen LogP contribution in [-0.2, 0) is 4.79 Å². The standard InChI is InChI=1S/C10H17NO/c12-10(8-4-1-2-5-8)9-6-3-7-11-9/h8-9,11H,1-7H2. The zero-order valence-corrected chi connectivity index (χ0v) is 7.51.